The number of carbonyl (C=O) groups excluding carboxylic acids is 2. The second kappa shape index (κ2) is 7.00. The molecule has 1 aliphatic rings. The molecule has 0 spiro atoms. The number of hydrogen-bond donors (Lipinski definition) is 1. The van der Waals surface area contributed by atoms with Crippen molar-refractivity contribution in [3.63, 3.8) is 0 Å². The molecule has 1 fully saturated rings. The summed E-state index contributed by atoms with van der Waals surface area (Å²) in [6, 6.07) is 4.66. The zero-order valence-corrected chi connectivity index (χ0v) is 15.9. The Bertz CT molecular complexity index is 951. The molecule has 1 aliphatic carbocycles. The van der Waals surface area contributed by atoms with Gasteiger partial charge in [0.25, 0.3) is 5.91 Å². The number of pyridine rings is 1. The highest BCUT2D eigenvalue weighted by atomic mass is 35.5. The highest BCUT2D eigenvalue weighted by Crippen LogP contribution is 2.43. The second-order valence-electron chi connectivity index (χ2n) is 7.22. The lowest BCUT2D eigenvalue weighted by Gasteiger charge is -2.20. The molecule has 3 rings (SSSR count). The van der Waals surface area contributed by atoms with Crippen molar-refractivity contribution in [1.29, 1.82) is 5.26 Å². The molecule has 27 heavy (non-hydrogen) atoms. The molecule has 0 aliphatic heterocycles. The summed E-state index contributed by atoms with van der Waals surface area (Å²) in [5.41, 5.74) is 0.264. The lowest BCUT2D eigenvalue weighted by Crippen LogP contribution is -2.29. The minimum atomic E-state index is -0.704. The van der Waals surface area contributed by atoms with Crippen LogP contribution in [0.15, 0.2) is 18.3 Å². The van der Waals surface area contributed by atoms with Crippen molar-refractivity contribution >= 4 is 29.4 Å². The average molecular weight is 388 g/mol. The maximum absolute atomic E-state index is 12.7. The Hall–Kier alpha value is -2.92. The van der Waals surface area contributed by atoms with Gasteiger partial charge in [-0.3, -0.25) is 4.79 Å². The van der Waals surface area contributed by atoms with Gasteiger partial charge in [0.1, 0.15) is 28.3 Å². The normalized spacial score (nSPS) is 13.7. The Morgan fingerprint density at radius 2 is 2.07 bits per heavy atom. The van der Waals surface area contributed by atoms with Crippen LogP contribution in [0.25, 0.3) is 0 Å². The van der Waals surface area contributed by atoms with Gasteiger partial charge in [0.2, 0.25) is 0 Å². The molecule has 0 bridgehead atoms. The van der Waals surface area contributed by atoms with Gasteiger partial charge >= 0.3 is 6.09 Å². The maximum Gasteiger partial charge on any atom is 0.437 e. The Balaban J connectivity index is 1.91. The summed E-state index contributed by atoms with van der Waals surface area (Å²) in [5.74, 6) is -0.0487. The monoisotopic (exact) mass is 387 g/mol. The third-order valence-electron chi connectivity index (χ3n) is 3.82. The van der Waals surface area contributed by atoms with E-state index in [1.807, 2.05) is 6.07 Å². The Kier molecular flexibility index (Phi) is 4.89. The van der Waals surface area contributed by atoms with E-state index >= 15 is 0 Å². The van der Waals surface area contributed by atoms with Crippen LogP contribution in [0, 0.1) is 11.3 Å². The van der Waals surface area contributed by atoms with E-state index in [2.05, 4.69) is 15.4 Å². The first-order chi connectivity index (χ1) is 12.7. The summed E-state index contributed by atoms with van der Waals surface area (Å²) in [7, 11) is 0. The molecule has 1 amide bonds. The highest BCUT2D eigenvalue weighted by Gasteiger charge is 2.32. The van der Waals surface area contributed by atoms with Crippen LogP contribution in [0.2, 0.25) is 5.15 Å². The Labute approximate surface area is 161 Å². The molecular weight excluding hydrogens is 370 g/mol. The number of hydrogen-bond acceptors (Lipinski definition) is 6. The molecule has 2 heterocycles. The summed E-state index contributed by atoms with van der Waals surface area (Å²) in [6.45, 7) is 5.24. The summed E-state index contributed by atoms with van der Waals surface area (Å²) in [6.07, 6.45) is 2.80. The van der Waals surface area contributed by atoms with Gasteiger partial charge in [-0.25, -0.2) is 9.78 Å². The molecule has 8 nitrogen and oxygen atoms in total. The van der Waals surface area contributed by atoms with Gasteiger partial charge in [-0.05, 0) is 51.7 Å². The van der Waals surface area contributed by atoms with Crippen molar-refractivity contribution in [2.45, 2.75) is 45.1 Å². The van der Waals surface area contributed by atoms with Crippen LogP contribution < -0.4 is 5.32 Å². The third-order valence-corrected chi connectivity index (χ3v) is 4.11. The predicted molar refractivity (Wildman–Crippen MR) is 97.7 cm³/mol. The fourth-order valence-electron chi connectivity index (χ4n) is 2.46. The summed E-state index contributed by atoms with van der Waals surface area (Å²) >= 11 is 6.01. The number of halogens is 1. The van der Waals surface area contributed by atoms with Gasteiger partial charge in [-0.2, -0.15) is 10.4 Å². The number of carbonyl (C=O) groups is 2. The largest absolute Gasteiger partial charge is 0.442 e. The number of nitrogens with one attached hydrogen (secondary N) is 1. The third kappa shape index (κ3) is 4.26. The lowest BCUT2D eigenvalue weighted by molar-refractivity contribution is 0.0518. The van der Waals surface area contributed by atoms with E-state index in [0.717, 1.165) is 23.1 Å². The number of nitrogens with zero attached hydrogens (tertiary/aromatic N) is 4. The van der Waals surface area contributed by atoms with Crippen LogP contribution in [-0.4, -0.2) is 32.4 Å². The number of amides is 1. The Morgan fingerprint density at radius 3 is 2.63 bits per heavy atom. The first-order valence-electron chi connectivity index (χ1n) is 8.39. The summed E-state index contributed by atoms with van der Waals surface area (Å²) < 4.78 is 6.40. The smallest absolute Gasteiger partial charge is 0.437 e. The molecule has 1 saturated carbocycles. The van der Waals surface area contributed by atoms with Crippen LogP contribution in [0.5, 0.6) is 0 Å². The first kappa shape index (κ1) is 18.9. The van der Waals surface area contributed by atoms with Gasteiger partial charge < -0.3 is 10.1 Å². The molecule has 9 heteroatoms. The molecule has 0 aromatic carbocycles. The molecule has 2 aromatic rings. The quantitative estimate of drug-likeness (QED) is 0.803. The Morgan fingerprint density at radius 1 is 1.37 bits per heavy atom. The van der Waals surface area contributed by atoms with Gasteiger partial charge in [0.05, 0.1) is 11.8 Å². The van der Waals surface area contributed by atoms with Crippen LogP contribution in [0.4, 0.5) is 10.6 Å². The SMILES string of the molecule is CC(C)(C)OC(=O)n1ncc(C2CC2)c1NC(=O)c1ccc(C#N)nc1Cl. The van der Waals surface area contributed by atoms with Crippen molar-refractivity contribution in [1.82, 2.24) is 14.8 Å². The molecule has 0 atom stereocenters. The minimum Gasteiger partial charge on any atom is -0.442 e. The van der Waals surface area contributed by atoms with Crippen LogP contribution in [-0.2, 0) is 4.74 Å². The molecule has 0 unspecified atom stereocenters. The first-order valence-corrected chi connectivity index (χ1v) is 8.76. The van der Waals surface area contributed by atoms with Gasteiger partial charge in [0.15, 0.2) is 0 Å². The van der Waals surface area contributed by atoms with E-state index < -0.39 is 17.6 Å². The summed E-state index contributed by atoms with van der Waals surface area (Å²) in [5, 5.41) is 15.6. The molecule has 0 saturated heterocycles. The van der Waals surface area contributed by atoms with Crippen LogP contribution in [0.3, 0.4) is 0 Å². The van der Waals surface area contributed by atoms with E-state index in [4.69, 9.17) is 21.6 Å². The van der Waals surface area contributed by atoms with Gasteiger partial charge in [-0.1, -0.05) is 11.6 Å². The number of nitriles is 1. The standard InChI is InChI=1S/C18H18ClN5O3/c1-18(2,3)27-17(26)24-15(13(9-21-24)10-4-5-10)23-16(25)12-7-6-11(8-20)22-14(12)19/h6-7,9-10H,4-5H2,1-3H3,(H,23,25). The molecule has 1 N–H and O–H groups in total. The van der Waals surface area contributed by atoms with Crippen molar-refractivity contribution in [3.05, 3.63) is 40.3 Å². The lowest BCUT2D eigenvalue weighted by atomic mass is 10.2. The predicted octanol–water partition coefficient (Wildman–Crippen LogP) is 3.72. The van der Waals surface area contributed by atoms with E-state index in [1.165, 1.54) is 12.1 Å². The molecule has 0 radical (unpaired) electrons. The zero-order valence-electron chi connectivity index (χ0n) is 15.1. The molecule has 2 aromatic heterocycles. The van der Waals surface area contributed by atoms with Crippen molar-refractivity contribution in [3.8, 4) is 6.07 Å². The van der Waals surface area contributed by atoms with Crippen molar-refractivity contribution in [2.24, 2.45) is 0 Å². The van der Waals surface area contributed by atoms with Crippen LogP contribution >= 0.6 is 11.6 Å². The molecule has 140 valence electrons. The van der Waals surface area contributed by atoms with E-state index in [-0.39, 0.29) is 28.1 Å². The highest BCUT2D eigenvalue weighted by molar-refractivity contribution is 6.33. The van der Waals surface area contributed by atoms with Crippen molar-refractivity contribution < 1.29 is 14.3 Å². The number of rotatable bonds is 3. The van der Waals surface area contributed by atoms with Crippen molar-refractivity contribution in [2.75, 3.05) is 5.32 Å². The van der Waals surface area contributed by atoms with E-state index in [0.29, 0.717) is 0 Å². The van der Waals surface area contributed by atoms with Crippen LogP contribution in [0.1, 0.15) is 61.1 Å². The topological polar surface area (TPSA) is 110 Å². The number of anilines is 1. The number of ether oxygens (including phenoxy) is 1. The molecular formula is C18H18ClN5O3. The van der Waals surface area contributed by atoms with E-state index in [9.17, 15) is 9.59 Å². The minimum absolute atomic E-state index is 0.0920. The van der Waals surface area contributed by atoms with Gasteiger partial charge in [-0.15, -0.1) is 4.68 Å². The van der Waals surface area contributed by atoms with E-state index in [1.54, 1.807) is 27.0 Å². The van der Waals surface area contributed by atoms with Gasteiger partial charge in [0, 0.05) is 5.56 Å². The maximum atomic E-state index is 12.7. The summed E-state index contributed by atoms with van der Waals surface area (Å²) in [4.78, 5) is 29.0. The average Bonchev–Trinajstić information content (AvgIpc) is 3.33. The fourth-order valence-corrected chi connectivity index (χ4v) is 2.70. The zero-order chi connectivity index (χ0) is 19.8. The number of aromatic nitrogens is 3. The second-order valence-corrected chi connectivity index (χ2v) is 7.57. The fraction of sp³-hybridized carbons (Fsp3) is 0.389.